The number of rotatable bonds is 6. The van der Waals surface area contributed by atoms with Crippen LogP contribution in [0.2, 0.25) is 0 Å². The van der Waals surface area contributed by atoms with Crippen LogP contribution in [0.3, 0.4) is 0 Å². The Morgan fingerprint density at radius 2 is 2.29 bits per heavy atom. The Kier molecular flexibility index (Phi) is 4.59. The molecule has 0 amide bonds. The lowest BCUT2D eigenvalue weighted by molar-refractivity contribution is 0.491. The summed E-state index contributed by atoms with van der Waals surface area (Å²) in [6.45, 7) is 5.20. The Morgan fingerprint density at radius 1 is 1.50 bits per heavy atom. The molecular formula is C10H20N4. The van der Waals surface area contributed by atoms with Crippen molar-refractivity contribution in [3.63, 3.8) is 0 Å². The first-order valence-electron chi connectivity index (χ1n) is 5.35. The normalized spacial score (nSPS) is 13.1. The number of aromatic nitrogens is 3. The van der Waals surface area contributed by atoms with E-state index in [1.54, 1.807) is 6.33 Å². The third-order valence-electron chi connectivity index (χ3n) is 2.61. The Labute approximate surface area is 85.7 Å². The molecule has 1 atom stereocenters. The SMILES string of the molecule is CCC(CCc1ncnn1CC)NC. The lowest BCUT2D eigenvalue weighted by atomic mass is 10.1. The van der Waals surface area contributed by atoms with Crippen LogP contribution < -0.4 is 5.32 Å². The Balaban J connectivity index is 2.44. The van der Waals surface area contributed by atoms with Gasteiger partial charge >= 0.3 is 0 Å². The number of hydrogen-bond acceptors (Lipinski definition) is 3. The summed E-state index contributed by atoms with van der Waals surface area (Å²) in [7, 11) is 2.01. The highest BCUT2D eigenvalue weighted by Gasteiger charge is 2.07. The van der Waals surface area contributed by atoms with Gasteiger partial charge in [0.15, 0.2) is 0 Å². The van der Waals surface area contributed by atoms with Crippen LogP contribution in [0.1, 0.15) is 32.5 Å². The maximum absolute atomic E-state index is 4.25. The highest BCUT2D eigenvalue weighted by atomic mass is 15.3. The molecule has 1 rings (SSSR count). The third-order valence-corrected chi connectivity index (χ3v) is 2.61. The first-order valence-corrected chi connectivity index (χ1v) is 5.35. The minimum Gasteiger partial charge on any atom is -0.317 e. The zero-order chi connectivity index (χ0) is 10.4. The summed E-state index contributed by atoms with van der Waals surface area (Å²) in [4.78, 5) is 4.25. The smallest absolute Gasteiger partial charge is 0.138 e. The summed E-state index contributed by atoms with van der Waals surface area (Å²) in [5, 5.41) is 7.44. The van der Waals surface area contributed by atoms with Crippen molar-refractivity contribution in [3.05, 3.63) is 12.2 Å². The van der Waals surface area contributed by atoms with Crippen molar-refractivity contribution in [1.29, 1.82) is 0 Å². The molecule has 1 heterocycles. The predicted octanol–water partition coefficient (Wildman–Crippen LogP) is 1.23. The summed E-state index contributed by atoms with van der Waals surface area (Å²) >= 11 is 0. The average molecular weight is 196 g/mol. The molecule has 0 aromatic carbocycles. The van der Waals surface area contributed by atoms with Gasteiger partial charge in [0, 0.05) is 19.0 Å². The fourth-order valence-electron chi connectivity index (χ4n) is 1.60. The predicted molar refractivity (Wildman–Crippen MR) is 57.2 cm³/mol. The van der Waals surface area contributed by atoms with Crippen LogP contribution in [0.5, 0.6) is 0 Å². The van der Waals surface area contributed by atoms with Gasteiger partial charge in [0.1, 0.15) is 12.2 Å². The molecule has 1 aromatic heterocycles. The van der Waals surface area contributed by atoms with E-state index in [-0.39, 0.29) is 0 Å². The van der Waals surface area contributed by atoms with Gasteiger partial charge in [0.05, 0.1) is 0 Å². The number of nitrogens with zero attached hydrogens (tertiary/aromatic N) is 3. The van der Waals surface area contributed by atoms with Crippen LogP contribution in [0, 0.1) is 0 Å². The van der Waals surface area contributed by atoms with Crippen LogP contribution in [0.25, 0.3) is 0 Å². The monoisotopic (exact) mass is 196 g/mol. The van der Waals surface area contributed by atoms with Gasteiger partial charge in [-0.25, -0.2) is 4.98 Å². The molecule has 0 spiro atoms. The molecule has 14 heavy (non-hydrogen) atoms. The van der Waals surface area contributed by atoms with E-state index in [2.05, 4.69) is 29.2 Å². The Morgan fingerprint density at radius 3 is 2.86 bits per heavy atom. The summed E-state index contributed by atoms with van der Waals surface area (Å²) in [5.41, 5.74) is 0. The topological polar surface area (TPSA) is 42.7 Å². The summed E-state index contributed by atoms with van der Waals surface area (Å²) < 4.78 is 1.96. The van der Waals surface area contributed by atoms with Crippen molar-refractivity contribution in [1.82, 2.24) is 20.1 Å². The van der Waals surface area contributed by atoms with Gasteiger partial charge in [-0.2, -0.15) is 5.10 Å². The second-order valence-corrected chi connectivity index (χ2v) is 3.42. The van der Waals surface area contributed by atoms with Gasteiger partial charge in [-0.15, -0.1) is 0 Å². The van der Waals surface area contributed by atoms with Crippen LogP contribution in [0.4, 0.5) is 0 Å². The third kappa shape index (κ3) is 2.80. The average Bonchev–Trinajstić information content (AvgIpc) is 2.67. The molecule has 1 aromatic rings. The van der Waals surface area contributed by atoms with E-state index in [0.717, 1.165) is 31.6 Å². The van der Waals surface area contributed by atoms with Crippen LogP contribution in [-0.2, 0) is 13.0 Å². The molecule has 0 fully saturated rings. The van der Waals surface area contributed by atoms with Crippen molar-refractivity contribution in [2.45, 2.75) is 45.7 Å². The number of aryl methyl sites for hydroxylation is 2. The van der Waals surface area contributed by atoms with E-state index in [9.17, 15) is 0 Å². The van der Waals surface area contributed by atoms with E-state index in [1.165, 1.54) is 0 Å². The van der Waals surface area contributed by atoms with Gasteiger partial charge < -0.3 is 5.32 Å². The second kappa shape index (κ2) is 5.75. The zero-order valence-electron chi connectivity index (χ0n) is 9.32. The van der Waals surface area contributed by atoms with Gasteiger partial charge in [0.25, 0.3) is 0 Å². The quantitative estimate of drug-likeness (QED) is 0.744. The molecular weight excluding hydrogens is 176 g/mol. The van der Waals surface area contributed by atoms with E-state index in [4.69, 9.17) is 0 Å². The molecule has 0 radical (unpaired) electrons. The van der Waals surface area contributed by atoms with Crippen LogP contribution in [-0.4, -0.2) is 27.9 Å². The van der Waals surface area contributed by atoms with Crippen molar-refractivity contribution >= 4 is 0 Å². The van der Waals surface area contributed by atoms with Gasteiger partial charge in [0.2, 0.25) is 0 Å². The molecule has 0 saturated heterocycles. The summed E-state index contributed by atoms with van der Waals surface area (Å²) in [6.07, 6.45) is 4.94. The fraction of sp³-hybridized carbons (Fsp3) is 0.800. The molecule has 0 aliphatic heterocycles. The summed E-state index contributed by atoms with van der Waals surface area (Å²) in [6, 6.07) is 0.594. The molecule has 80 valence electrons. The molecule has 4 nitrogen and oxygen atoms in total. The highest BCUT2D eigenvalue weighted by molar-refractivity contribution is 4.85. The standard InChI is InChI=1S/C10H20N4/c1-4-9(11-3)6-7-10-12-8-13-14(10)5-2/h8-9,11H,4-7H2,1-3H3. The van der Waals surface area contributed by atoms with Gasteiger partial charge in [-0.3, -0.25) is 4.68 Å². The lowest BCUT2D eigenvalue weighted by Crippen LogP contribution is -2.25. The van der Waals surface area contributed by atoms with E-state index in [0.29, 0.717) is 6.04 Å². The minimum atomic E-state index is 0.594. The van der Waals surface area contributed by atoms with Crippen LogP contribution in [0.15, 0.2) is 6.33 Å². The number of nitrogens with one attached hydrogen (secondary N) is 1. The van der Waals surface area contributed by atoms with E-state index < -0.39 is 0 Å². The first-order chi connectivity index (χ1) is 6.81. The molecule has 0 aliphatic rings. The van der Waals surface area contributed by atoms with Gasteiger partial charge in [-0.1, -0.05) is 6.92 Å². The second-order valence-electron chi connectivity index (χ2n) is 3.42. The molecule has 1 unspecified atom stereocenters. The van der Waals surface area contributed by atoms with Crippen molar-refractivity contribution in [2.75, 3.05) is 7.05 Å². The lowest BCUT2D eigenvalue weighted by Gasteiger charge is -2.12. The zero-order valence-corrected chi connectivity index (χ0v) is 9.32. The van der Waals surface area contributed by atoms with Crippen molar-refractivity contribution < 1.29 is 0 Å². The van der Waals surface area contributed by atoms with Crippen molar-refractivity contribution in [2.24, 2.45) is 0 Å². The Hall–Kier alpha value is -0.900. The van der Waals surface area contributed by atoms with E-state index in [1.807, 2.05) is 11.7 Å². The molecule has 0 aliphatic carbocycles. The Bertz CT molecular complexity index is 252. The van der Waals surface area contributed by atoms with E-state index >= 15 is 0 Å². The van der Waals surface area contributed by atoms with Crippen LogP contribution >= 0.6 is 0 Å². The largest absolute Gasteiger partial charge is 0.317 e. The molecule has 1 N–H and O–H groups in total. The summed E-state index contributed by atoms with van der Waals surface area (Å²) in [5.74, 6) is 1.10. The molecule has 0 bridgehead atoms. The highest BCUT2D eigenvalue weighted by Crippen LogP contribution is 2.04. The molecule has 0 saturated carbocycles. The number of hydrogen-bond donors (Lipinski definition) is 1. The molecule has 4 heteroatoms. The maximum Gasteiger partial charge on any atom is 0.138 e. The minimum absolute atomic E-state index is 0.594. The maximum atomic E-state index is 4.25. The first kappa shape index (κ1) is 11.2. The van der Waals surface area contributed by atoms with Crippen molar-refractivity contribution in [3.8, 4) is 0 Å². The van der Waals surface area contributed by atoms with Gasteiger partial charge in [-0.05, 0) is 26.8 Å². The fourth-order valence-corrected chi connectivity index (χ4v) is 1.60.